The summed E-state index contributed by atoms with van der Waals surface area (Å²) in [5.74, 6) is -0.937. The monoisotopic (exact) mass is 331 g/mol. The van der Waals surface area contributed by atoms with E-state index in [1.165, 1.54) is 6.92 Å². The third kappa shape index (κ3) is 5.80. The van der Waals surface area contributed by atoms with E-state index in [-0.39, 0.29) is 24.3 Å². The lowest BCUT2D eigenvalue weighted by Crippen LogP contribution is -2.43. The summed E-state index contributed by atoms with van der Waals surface area (Å²) >= 11 is 0. The van der Waals surface area contributed by atoms with Crippen LogP contribution < -0.4 is 5.32 Å². The summed E-state index contributed by atoms with van der Waals surface area (Å²) in [4.78, 5) is 35.7. The van der Waals surface area contributed by atoms with E-state index in [0.29, 0.717) is 6.42 Å². The van der Waals surface area contributed by atoms with Crippen molar-refractivity contribution < 1.29 is 19.1 Å². The Bertz CT molecular complexity index is 564. The quantitative estimate of drug-likeness (QED) is 0.779. The Morgan fingerprint density at radius 3 is 2.42 bits per heavy atom. The smallest absolute Gasteiger partial charge is 0.309 e. The van der Waals surface area contributed by atoms with Crippen LogP contribution in [0.1, 0.15) is 44.6 Å². The highest BCUT2D eigenvalue weighted by atomic mass is 16.5. The zero-order valence-electron chi connectivity index (χ0n) is 14.1. The SMILES string of the molecule is CC(=O)C(Cc1ccccc1)NC(=O)COC(=O)C1CCCCC1. The van der Waals surface area contributed by atoms with Crippen molar-refractivity contribution in [1.82, 2.24) is 5.32 Å². The molecule has 1 aliphatic rings. The Kier molecular flexibility index (Phi) is 6.97. The highest BCUT2D eigenvalue weighted by Gasteiger charge is 2.24. The Hall–Kier alpha value is -2.17. The number of nitrogens with one attached hydrogen (secondary N) is 1. The first-order chi connectivity index (χ1) is 11.6. The van der Waals surface area contributed by atoms with Crippen LogP contribution in [0.25, 0.3) is 0 Å². The van der Waals surface area contributed by atoms with Crippen LogP contribution in [0.5, 0.6) is 0 Å². The van der Waals surface area contributed by atoms with Crippen LogP contribution in [0.4, 0.5) is 0 Å². The third-order valence-corrected chi connectivity index (χ3v) is 4.39. The molecule has 1 amide bonds. The minimum Gasteiger partial charge on any atom is -0.455 e. The van der Waals surface area contributed by atoms with E-state index in [0.717, 1.165) is 37.7 Å². The van der Waals surface area contributed by atoms with Gasteiger partial charge in [0.1, 0.15) is 0 Å². The molecule has 1 aliphatic carbocycles. The molecule has 0 heterocycles. The second kappa shape index (κ2) is 9.21. The highest BCUT2D eigenvalue weighted by molar-refractivity contribution is 5.89. The van der Waals surface area contributed by atoms with Crippen molar-refractivity contribution in [3.05, 3.63) is 35.9 Å². The minimum atomic E-state index is -0.603. The molecule has 0 aliphatic heterocycles. The van der Waals surface area contributed by atoms with Crippen LogP contribution in [0.2, 0.25) is 0 Å². The van der Waals surface area contributed by atoms with Gasteiger partial charge in [0.05, 0.1) is 12.0 Å². The van der Waals surface area contributed by atoms with E-state index < -0.39 is 11.9 Å². The van der Waals surface area contributed by atoms with Gasteiger partial charge in [-0.25, -0.2) is 0 Å². The van der Waals surface area contributed by atoms with Gasteiger partial charge in [-0.1, -0.05) is 49.6 Å². The maximum absolute atomic E-state index is 12.0. The van der Waals surface area contributed by atoms with E-state index in [1.807, 2.05) is 30.3 Å². The van der Waals surface area contributed by atoms with Crippen LogP contribution in [0.15, 0.2) is 30.3 Å². The molecular weight excluding hydrogens is 306 g/mol. The van der Waals surface area contributed by atoms with Crippen LogP contribution >= 0.6 is 0 Å². The second-order valence-corrected chi connectivity index (χ2v) is 6.36. The van der Waals surface area contributed by atoms with Crippen molar-refractivity contribution in [3.63, 3.8) is 0 Å². The Labute approximate surface area is 142 Å². The first-order valence-electron chi connectivity index (χ1n) is 8.56. The van der Waals surface area contributed by atoms with Crippen molar-refractivity contribution in [3.8, 4) is 0 Å². The van der Waals surface area contributed by atoms with Crippen molar-refractivity contribution in [2.75, 3.05) is 6.61 Å². The summed E-state index contributed by atoms with van der Waals surface area (Å²) in [5.41, 5.74) is 0.970. The highest BCUT2D eigenvalue weighted by Crippen LogP contribution is 2.24. The molecule has 0 aromatic heterocycles. The van der Waals surface area contributed by atoms with Gasteiger partial charge in [-0.05, 0) is 31.7 Å². The maximum Gasteiger partial charge on any atom is 0.309 e. The molecule has 1 N–H and O–H groups in total. The van der Waals surface area contributed by atoms with E-state index in [4.69, 9.17) is 4.74 Å². The Morgan fingerprint density at radius 2 is 1.79 bits per heavy atom. The van der Waals surface area contributed by atoms with Gasteiger partial charge in [-0.2, -0.15) is 0 Å². The minimum absolute atomic E-state index is 0.0838. The lowest BCUT2D eigenvalue weighted by molar-refractivity contribution is -0.153. The lowest BCUT2D eigenvalue weighted by Gasteiger charge is -2.20. The fraction of sp³-hybridized carbons (Fsp3) is 0.526. The molecule has 1 unspecified atom stereocenters. The molecule has 5 nitrogen and oxygen atoms in total. The van der Waals surface area contributed by atoms with Crippen LogP contribution in [-0.4, -0.2) is 30.3 Å². The summed E-state index contributed by atoms with van der Waals surface area (Å²) in [6.45, 7) is 1.12. The summed E-state index contributed by atoms with van der Waals surface area (Å²) in [6.07, 6.45) is 5.34. The zero-order valence-corrected chi connectivity index (χ0v) is 14.1. The molecule has 0 bridgehead atoms. The molecule has 5 heteroatoms. The largest absolute Gasteiger partial charge is 0.455 e. The average molecular weight is 331 g/mol. The summed E-state index contributed by atoms with van der Waals surface area (Å²) in [6, 6.07) is 8.89. The summed E-state index contributed by atoms with van der Waals surface area (Å²) in [5, 5.41) is 2.66. The van der Waals surface area contributed by atoms with Crippen LogP contribution in [-0.2, 0) is 25.5 Å². The van der Waals surface area contributed by atoms with Crippen molar-refractivity contribution in [2.24, 2.45) is 5.92 Å². The lowest BCUT2D eigenvalue weighted by atomic mass is 9.89. The van der Waals surface area contributed by atoms with Gasteiger partial charge < -0.3 is 10.1 Å². The molecule has 130 valence electrons. The normalized spacial score (nSPS) is 16.2. The first kappa shape index (κ1) is 18.2. The molecule has 1 atom stereocenters. The fourth-order valence-corrected chi connectivity index (χ4v) is 2.98. The van der Waals surface area contributed by atoms with Gasteiger partial charge >= 0.3 is 5.97 Å². The fourth-order valence-electron chi connectivity index (χ4n) is 2.98. The van der Waals surface area contributed by atoms with Gasteiger partial charge in [-0.3, -0.25) is 14.4 Å². The molecule has 1 aromatic carbocycles. The van der Waals surface area contributed by atoms with E-state index >= 15 is 0 Å². The van der Waals surface area contributed by atoms with E-state index in [1.54, 1.807) is 0 Å². The predicted octanol–water partition coefficient (Wildman–Crippen LogP) is 2.43. The van der Waals surface area contributed by atoms with Crippen LogP contribution in [0.3, 0.4) is 0 Å². The second-order valence-electron chi connectivity index (χ2n) is 6.36. The number of ether oxygens (including phenoxy) is 1. The number of hydrogen-bond donors (Lipinski definition) is 1. The van der Waals surface area contributed by atoms with Crippen molar-refractivity contribution >= 4 is 17.7 Å². The number of hydrogen-bond acceptors (Lipinski definition) is 4. The van der Waals surface area contributed by atoms with Gasteiger partial charge in [0.25, 0.3) is 5.91 Å². The molecule has 1 aromatic rings. The Balaban J connectivity index is 1.80. The molecule has 1 fully saturated rings. The third-order valence-electron chi connectivity index (χ3n) is 4.39. The summed E-state index contributed by atoms with van der Waals surface area (Å²) < 4.78 is 5.11. The number of carbonyl (C=O) groups excluding carboxylic acids is 3. The number of esters is 1. The molecule has 1 saturated carbocycles. The van der Waals surface area contributed by atoms with E-state index in [2.05, 4.69) is 5.32 Å². The van der Waals surface area contributed by atoms with Gasteiger partial charge in [0, 0.05) is 0 Å². The zero-order chi connectivity index (χ0) is 17.4. The molecule has 0 radical (unpaired) electrons. The number of benzene rings is 1. The first-order valence-corrected chi connectivity index (χ1v) is 8.56. The van der Waals surface area contributed by atoms with Crippen LogP contribution in [0, 0.1) is 5.92 Å². The number of rotatable bonds is 7. The van der Waals surface area contributed by atoms with Gasteiger partial charge in [-0.15, -0.1) is 0 Å². The Morgan fingerprint density at radius 1 is 1.12 bits per heavy atom. The molecule has 2 rings (SSSR count). The molecule has 0 saturated heterocycles. The molecular formula is C19H25NO4. The number of carbonyl (C=O) groups is 3. The van der Waals surface area contributed by atoms with Gasteiger partial charge in [0.2, 0.25) is 0 Å². The molecule has 24 heavy (non-hydrogen) atoms. The van der Waals surface area contributed by atoms with E-state index in [9.17, 15) is 14.4 Å². The molecule has 0 spiro atoms. The number of ketones is 1. The average Bonchev–Trinajstić information content (AvgIpc) is 2.60. The van der Waals surface area contributed by atoms with Crippen molar-refractivity contribution in [2.45, 2.75) is 51.5 Å². The van der Waals surface area contributed by atoms with Gasteiger partial charge in [0.15, 0.2) is 12.4 Å². The maximum atomic E-state index is 12.0. The summed E-state index contributed by atoms with van der Waals surface area (Å²) in [7, 11) is 0. The number of amides is 1. The predicted molar refractivity (Wildman–Crippen MR) is 90.3 cm³/mol. The van der Waals surface area contributed by atoms with Crippen molar-refractivity contribution in [1.29, 1.82) is 0 Å². The number of Topliss-reactive ketones (excluding diaryl/α,β-unsaturated/α-hetero) is 1. The topological polar surface area (TPSA) is 72.5 Å². The standard InChI is InChI=1S/C19H25NO4/c1-14(21)17(12-15-8-4-2-5-9-15)20-18(22)13-24-19(23)16-10-6-3-7-11-16/h2,4-5,8-9,16-17H,3,6-7,10-13H2,1H3,(H,20,22).